The largest absolute Gasteiger partial charge is 0.350 e. The number of carbonyl (C=O) groups excluding carboxylic acids is 3. The normalized spacial score (nSPS) is 18.0. The first-order valence-electron chi connectivity index (χ1n) is 10.5. The van der Waals surface area contributed by atoms with Gasteiger partial charge in [-0.3, -0.25) is 19.3 Å². The van der Waals surface area contributed by atoms with Crippen molar-refractivity contribution in [2.24, 2.45) is 0 Å². The fourth-order valence-electron chi connectivity index (χ4n) is 4.38. The number of likely N-dealkylation sites (N-methyl/N-ethyl adjacent to an activating group) is 1. The predicted molar refractivity (Wildman–Crippen MR) is 117 cm³/mol. The molecule has 2 aromatic rings. The van der Waals surface area contributed by atoms with Gasteiger partial charge < -0.3 is 10.2 Å². The molecule has 2 heterocycles. The van der Waals surface area contributed by atoms with Crippen LogP contribution in [0.4, 0.5) is 0 Å². The molecule has 1 unspecified atom stereocenters. The fourth-order valence-corrected chi connectivity index (χ4v) is 5.30. The highest BCUT2D eigenvalue weighted by atomic mass is 32.1. The summed E-state index contributed by atoms with van der Waals surface area (Å²) in [6, 6.07) is 8.95. The molecule has 0 radical (unpaired) electrons. The Labute approximate surface area is 180 Å². The van der Waals surface area contributed by atoms with Crippen LogP contribution in [0.5, 0.6) is 0 Å². The molecule has 30 heavy (non-hydrogen) atoms. The molecule has 158 valence electrons. The monoisotopic (exact) mass is 425 g/mol. The Kier molecular flexibility index (Phi) is 6.01. The number of rotatable bonds is 6. The number of benzene rings is 1. The third-order valence-corrected chi connectivity index (χ3v) is 7.04. The van der Waals surface area contributed by atoms with Gasteiger partial charge in [0.05, 0.1) is 17.2 Å². The maximum atomic E-state index is 13.0. The van der Waals surface area contributed by atoms with Crippen molar-refractivity contribution in [3.63, 3.8) is 0 Å². The lowest BCUT2D eigenvalue weighted by Gasteiger charge is -2.29. The van der Waals surface area contributed by atoms with Crippen molar-refractivity contribution in [3.05, 3.63) is 57.3 Å². The number of thiophene rings is 1. The zero-order chi connectivity index (χ0) is 21.3. The number of amides is 3. The minimum absolute atomic E-state index is 0.0185. The molecule has 1 aliphatic carbocycles. The predicted octanol–water partition coefficient (Wildman–Crippen LogP) is 3.71. The maximum absolute atomic E-state index is 13.0. The van der Waals surface area contributed by atoms with Crippen LogP contribution in [0.2, 0.25) is 0 Å². The first kappa shape index (κ1) is 20.8. The van der Waals surface area contributed by atoms with E-state index in [1.54, 1.807) is 29.5 Å². The van der Waals surface area contributed by atoms with E-state index in [-0.39, 0.29) is 29.8 Å². The first-order chi connectivity index (χ1) is 14.5. The molecular formula is C23H27N3O3S. The summed E-state index contributed by atoms with van der Waals surface area (Å²) in [7, 11) is 3.96. The van der Waals surface area contributed by atoms with Gasteiger partial charge in [-0.25, -0.2) is 0 Å². The molecular weight excluding hydrogens is 398 g/mol. The minimum atomic E-state index is -0.263. The molecule has 0 saturated heterocycles. The van der Waals surface area contributed by atoms with Gasteiger partial charge in [0.1, 0.15) is 0 Å². The van der Waals surface area contributed by atoms with Crippen LogP contribution in [-0.2, 0) is 0 Å². The molecule has 0 spiro atoms. The number of hydrogen-bond acceptors (Lipinski definition) is 5. The lowest BCUT2D eigenvalue weighted by atomic mass is 9.94. The van der Waals surface area contributed by atoms with E-state index in [1.165, 1.54) is 9.78 Å². The molecule has 3 amide bonds. The number of carbonyl (C=O) groups is 3. The quantitative estimate of drug-likeness (QED) is 0.717. The van der Waals surface area contributed by atoms with Gasteiger partial charge in [0.25, 0.3) is 17.7 Å². The van der Waals surface area contributed by atoms with Gasteiger partial charge in [0, 0.05) is 23.0 Å². The van der Waals surface area contributed by atoms with E-state index < -0.39 is 0 Å². The number of nitrogens with zero attached hydrogens (tertiary/aromatic N) is 2. The Morgan fingerprint density at radius 3 is 2.53 bits per heavy atom. The third-order valence-electron chi connectivity index (χ3n) is 6.07. The maximum Gasteiger partial charge on any atom is 0.261 e. The molecule has 1 N–H and O–H groups in total. The Hall–Kier alpha value is -2.51. The first-order valence-corrected chi connectivity index (χ1v) is 11.4. The van der Waals surface area contributed by atoms with Crippen LogP contribution in [0, 0.1) is 0 Å². The van der Waals surface area contributed by atoms with Crippen LogP contribution in [-0.4, -0.2) is 54.2 Å². The van der Waals surface area contributed by atoms with Gasteiger partial charge in [0.15, 0.2) is 0 Å². The average molecular weight is 426 g/mol. The molecule has 1 aliphatic heterocycles. The van der Waals surface area contributed by atoms with E-state index in [0.29, 0.717) is 23.2 Å². The summed E-state index contributed by atoms with van der Waals surface area (Å²) in [5, 5.41) is 5.00. The van der Waals surface area contributed by atoms with Crippen molar-refractivity contribution >= 4 is 29.1 Å². The van der Waals surface area contributed by atoms with Gasteiger partial charge in [-0.2, -0.15) is 0 Å². The van der Waals surface area contributed by atoms with E-state index >= 15 is 0 Å². The Morgan fingerprint density at radius 1 is 1.13 bits per heavy atom. The minimum Gasteiger partial charge on any atom is -0.350 e. The van der Waals surface area contributed by atoms with Crippen molar-refractivity contribution < 1.29 is 14.4 Å². The Morgan fingerprint density at radius 2 is 1.87 bits per heavy atom. The Bertz CT molecular complexity index is 949. The third kappa shape index (κ3) is 3.91. The molecule has 2 aliphatic rings. The molecule has 1 atom stereocenters. The highest BCUT2D eigenvalue weighted by Gasteiger charge is 2.40. The summed E-state index contributed by atoms with van der Waals surface area (Å²) >= 11 is 1.66. The van der Waals surface area contributed by atoms with Crippen molar-refractivity contribution in [3.8, 4) is 0 Å². The number of nitrogens with one attached hydrogen (secondary N) is 1. The van der Waals surface area contributed by atoms with Crippen LogP contribution in [0.15, 0.2) is 35.7 Å². The summed E-state index contributed by atoms with van der Waals surface area (Å²) in [4.78, 5) is 43.2. The van der Waals surface area contributed by atoms with Crippen molar-refractivity contribution in [1.29, 1.82) is 0 Å². The van der Waals surface area contributed by atoms with Crippen LogP contribution >= 0.6 is 11.3 Å². The van der Waals surface area contributed by atoms with Crippen LogP contribution in [0.1, 0.15) is 74.1 Å². The fraction of sp³-hybridized carbons (Fsp3) is 0.435. The molecule has 1 fully saturated rings. The van der Waals surface area contributed by atoms with Gasteiger partial charge in [-0.15, -0.1) is 11.3 Å². The molecule has 6 nitrogen and oxygen atoms in total. The Balaban J connectivity index is 1.48. The molecule has 7 heteroatoms. The van der Waals surface area contributed by atoms with E-state index in [9.17, 15) is 14.4 Å². The van der Waals surface area contributed by atoms with E-state index in [0.717, 1.165) is 32.1 Å². The van der Waals surface area contributed by atoms with E-state index in [1.807, 2.05) is 25.5 Å². The van der Waals surface area contributed by atoms with Gasteiger partial charge in [-0.05, 0) is 56.6 Å². The zero-order valence-corrected chi connectivity index (χ0v) is 18.2. The van der Waals surface area contributed by atoms with E-state index in [4.69, 9.17) is 0 Å². The number of hydrogen-bond donors (Lipinski definition) is 1. The highest BCUT2D eigenvalue weighted by Crippen LogP contribution is 2.31. The lowest BCUT2D eigenvalue weighted by molar-refractivity contribution is 0.0548. The van der Waals surface area contributed by atoms with Gasteiger partial charge >= 0.3 is 0 Å². The summed E-state index contributed by atoms with van der Waals surface area (Å²) in [5.74, 6) is -0.724. The summed E-state index contributed by atoms with van der Waals surface area (Å²) in [6.07, 6.45) is 4.98. The second kappa shape index (κ2) is 8.70. The average Bonchev–Trinajstić information content (AvgIpc) is 3.36. The number of fused-ring (bicyclic) bond motifs is 1. The van der Waals surface area contributed by atoms with Crippen LogP contribution < -0.4 is 5.32 Å². The molecule has 1 aromatic carbocycles. The molecule has 1 aromatic heterocycles. The zero-order valence-electron chi connectivity index (χ0n) is 17.4. The highest BCUT2D eigenvalue weighted by molar-refractivity contribution is 7.10. The summed E-state index contributed by atoms with van der Waals surface area (Å²) in [6.45, 7) is 0.463. The molecule has 4 rings (SSSR count). The van der Waals surface area contributed by atoms with Gasteiger partial charge in [0.2, 0.25) is 0 Å². The second-order valence-electron chi connectivity index (χ2n) is 8.24. The van der Waals surface area contributed by atoms with Crippen molar-refractivity contribution in [1.82, 2.24) is 15.1 Å². The van der Waals surface area contributed by atoms with Gasteiger partial charge in [-0.1, -0.05) is 25.3 Å². The van der Waals surface area contributed by atoms with Crippen LogP contribution in [0.3, 0.4) is 0 Å². The standard InChI is InChI=1S/C23H27N3O3S/c1-25(2)19(20-9-6-12-30-20)14-24-21(27)15-10-11-17-18(13-15)23(29)26(22(17)28)16-7-4-3-5-8-16/h6,9-13,16,19H,3-5,7-8,14H2,1-2H3,(H,24,27). The van der Waals surface area contributed by atoms with Crippen molar-refractivity contribution in [2.45, 2.75) is 44.2 Å². The van der Waals surface area contributed by atoms with Crippen molar-refractivity contribution in [2.75, 3.05) is 20.6 Å². The number of imide groups is 1. The summed E-state index contributed by atoms with van der Waals surface area (Å²) < 4.78 is 0. The SMILES string of the molecule is CN(C)C(CNC(=O)c1ccc2c(c1)C(=O)N(C1CCCCC1)C2=O)c1cccs1. The summed E-state index contributed by atoms with van der Waals surface area (Å²) in [5.41, 5.74) is 1.16. The lowest BCUT2D eigenvalue weighted by Crippen LogP contribution is -2.40. The van der Waals surface area contributed by atoms with E-state index in [2.05, 4.69) is 16.3 Å². The second-order valence-corrected chi connectivity index (χ2v) is 9.22. The smallest absolute Gasteiger partial charge is 0.261 e. The topological polar surface area (TPSA) is 69.7 Å². The molecule has 1 saturated carbocycles. The van der Waals surface area contributed by atoms with Crippen LogP contribution in [0.25, 0.3) is 0 Å². The molecule has 0 bridgehead atoms.